The molecule has 0 spiro atoms. The minimum absolute atomic E-state index is 0.579. The predicted molar refractivity (Wildman–Crippen MR) is 42.3 cm³/mol. The standard InChI is InChI=1S/C8H12N2O2/c11-7-3-1-4-8(7,12)10-6-2-5-9-10/h2,5-7,11-12H,1,3-4H2. The molecule has 2 rings (SSSR count). The number of nitrogens with zero attached hydrogens (tertiary/aromatic N) is 2. The number of aliphatic hydroxyl groups excluding tert-OH is 1. The van der Waals surface area contributed by atoms with Crippen LogP contribution < -0.4 is 0 Å². The fourth-order valence-electron chi connectivity index (χ4n) is 1.72. The van der Waals surface area contributed by atoms with Gasteiger partial charge in [0.25, 0.3) is 0 Å². The van der Waals surface area contributed by atoms with Crippen molar-refractivity contribution < 1.29 is 10.2 Å². The maximum Gasteiger partial charge on any atom is 0.183 e. The molecule has 4 nitrogen and oxygen atoms in total. The van der Waals surface area contributed by atoms with Crippen LogP contribution in [0.15, 0.2) is 18.5 Å². The average molecular weight is 168 g/mol. The molecular formula is C8H12N2O2. The van der Waals surface area contributed by atoms with E-state index in [2.05, 4.69) is 5.10 Å². The van der Waals surface area contributed by atoms with Gasteiger partial charge in [-0.05, 0) is 25.3 Å². The van der Waals surface area contributed by atoms with Crippen LogP contribution in [0.4, 0.5) is 0 Å². The largest absolute Gasteiger partial charge is 0.388 e. The molecule has 1 aliphatic rings. The van der Waals surface area contributed by atoms with Gasteiger partial charge in [0.2, 0.25) is 0 Å². The van der Waals surface area contributed by atoms with Gasteiger partial charge in [-0.15, -0.1) is 0 Å². The van der Waals surface area contributed by atoms with E-state index in [1.807, 2.05) is 0 Å². The van der Waals surface area contributed by atoms with Gasteiger partial charge in [-0.3, -0.25) is 0 Å². The van der Waals surface area contributed by atoms with E-state index >= 15 is 0 Å². The van der Waals surface area contributed by atoms with Crippen molar-refractivity contribution in [2.45, 2.75) is 31.1 Å². The molecular weight excluding hydrogens is 156 g/mol. The zero-order chi connectivity index (χ0) is 8.60. The average Bonchev–Trinajstić information content (AvgIpc) is 2.62. The third kappa shape index (κ3) is 0.956. The first-order valence-corrected chi connectivity index (χ1v) is 4.14. The van der Waals surface area contributed by atoms with Crippen molar-refractivity contribution in [2.24, 2.45) is 0 Å². The Balaban J connectivity index is 2.32. The van der Waals surface area contributed by atoms with E-state index in [4.69, 9.17) is 0 Å². The number of aromatic nitrogens is 2. The third-order valence-electron chi connectivity index (χ3n) is 2.46. The highest BCUT2D eigenvalue weighted by Gasteiger charge is 2.42. The quantitative estimate of drug-likeness (QED) is 0.624. The van der Waals surface area contributed by atoms with Gasteiger partial charge >= 0.3 is 0 Å². The molecule has 12 heavy (non-hydrogen) atoms. The Morgan fingerprint density at radius 2 is 2.42 bits per heavy atom. The van der Waals surface area contributed by atoms with Crippen LogP contribution in [0.1, 0.15) is 19.3 Å². The predicted octanol–water partition coefficient (Wildman–Crippen LogP) is 0.0730. The molecule has 1 aromatic rings. The Morgan fingerprint density at radius 1 is 1.58 bits per heavy atom. The summed E-state index contributed by atoms with van der Waals surface area (Å²) >= 11 is 0. The van der Waals surface area contributed by atoms with E-state index in [0.29, 0.717) is 12.8 Å². The number of hydrogen-bond donors (Lipinski definition) is 2. The molecule has 1 fully saturated rings. The molecule has 0 aromatic carbocycles. The number of hydrogen-bond acceptors (Lipinski definition) is 3. The van der Waals surface area contributed by atoms with E-state index in [1.54, 1.807) is 18.5 Å². The molecule has 0 saturated heterocycles. The molecule has 2 N–H and O–H groups in total. The fourth-order valence-corrected chi connectivity index (χ4v) is 1.72. The van der Waals surface area contributed by atoms with Crippen LogP contribution in [-0.4, -0.2) is 26.1 Å². The van der Waals surface area contributed by atoms with Gasteiger partial charge in [0.05, 0.1) is 0 Å². The summed E-state index contributed by atoms with van der Waals surface area (Å²) in [6.07, 6.45) is 4.67. The van der Waals surface area contributed by atoms with Crippen LogP contribution >= 0.6 is 0 Å². The zero-order valence-electron chi connectivity index (χ0n) is 6.72. The van der Waals surface area contributed by atoms with Crippen molar-refractivity contribution in [1.82, 2.24) is 9.78 Å². The van der Waals surface area contributed by atoms with Crippen molar-refractivity contribution in [2.75, 3.05) is 0 Å². The smallest absolute Gasteiger partial charge is 0.183 e. The highest BCUT2D eigenvalue weighted by atomic mass is 16.4. The van der Waals surface area contributed by atoms with Crippen LogP contribution in [0.25, 0.3) is 0 Å². The second-order valence-electron chi connectivity index (χ2n) is 3.24. The normalized spacial score (nSPS) is 35.7. The Labute approximate surface area is 70.4 Å². The monoisotopic (exact) mass is 168 g/mol. The summed E-state index contributed by atoms with van der Waals surface area (Å²) in [7, 11) is 0. The number of aliphatic hydroxyl groups is 2. The second-order valence-corrected chi connectivity index (χ2v) is 3.24. The Hall–Kier alpha value is -0.870. The Kier molecular flexibility index (Phi) is 1.66. The van der Waals surface area contributed by atoms with Gasteiger partial charge in [0.15, 0.2) is 5.72 Å². The van der Waals surface area contributed by atoms with Crippen molar-refractivity contribution in [3.63, 3.8) is 0 Å². The van der Waals surface area contributed by atoms with Gasteiger partial charge < -0.3 is 10.2 Å². The summed E-state index contributed by atoms with van der Waals surface area (Å²) in [5, 5.41) is 23.4. The summed E-state index contributed by atoms with van der Waals surface area (Å²) < 4.78 is 1.44. The first-order valence-electron chi connectivity index (χ1n) is 4.14. The van der Waals surface area contributed by atoms with Crippen LogP contribution in [0, 0.1) is 0 Å². The highest BCUT2D eigenvalue weighted by molar-refractivity contribution is 4.92. The molecule has 1 aromatic heterocycles. The Morgan fingerprint density at radius 3 is 2.92 bits per heavy atom. The summed E-state index contributed by atoms with van der Waals surface area (Å²) in [5.41, 5.74) is -1.16. The van der Waals surface area contributed by atoms with Crippen molar-refractivity contribution >= 4 is 0 Å². The summed E-state index contributed by atoms with van der Waals surface area (Å²) in [4.78, 5) is 0. The lowest BCUT2D eigenvalue weighted by Crippen LogP contribution is -2.41. The maximum atomic E-state index is 9.97. The lowest BCUT2D eigenvalue weighted by Gasteiger charge is -2.26. The zero-order valence-corrected chi connectivity index (χ0v) is 6.72. The van der Waals surface area contributed by atoms with Crippen LogP contribution in [0.3, 0.4) is 0 Å². The van der Waals surface area contributed by atoms with E-state index in [-0.39, 0.29) is 0 Å². The lowest BCUT2D eigenvalue weighted by molar-refractivity contribution is -0.122. The lowest BCUT2D eigenvalue weighted by atomic mass is 10.1. The van der Waals surface area contributed by atoms with Crippen molar-refractivity contribution in [3.05, 3.63) is 18.5 Å². The van der Waals surface area contributed by atoms with E-state index in [9.17, 15) is 10.2 Å². The first-order chi connectivity index (χ1) is 5.73. The molecule has 0 bridgehead atoms. The van der Waals surface area contributed by atoms with E-state index < -0.39 is 11.8 Å². The second kappa shape index (κ2) is 2.57. The van der Waals surface area contributed by atoms with Gasteiger partial charge in [0, 0.05) is 12.4 Å². The summed E-state index contributed by atoms with van der Waals surface area (Å²) in [6.45, 7) is 0. The van der Waals surface area contributed by atoms with Gasteiger partial charge in [-0.2, -0.15) is 5.10 Å². The topological polar surface area (TPSA) is 58.3 Å². The first kappa shape index (κ1) is 7.76. The molecule has 0 amide bonds. The molecule has 0 radical (unpaired) electrons. The molecule has 0 aliphatic heterocycles. The maximum absolute atomic E-state index is 9.97. The van der Waals surface area contributed by atoms with Gasteiger partial charge in [-0.25, -0.2) is 4.68 Å². The molecule has 66 valence electrons. The van der Waals surface area contributed by atoms with Gasteiger partial charge in [0.1, 0.15) is 6.10 Å². The van der Waals surface area contributed by atoms with E-state index in [0.717, 1.165) is 6.42 Å². The minimum Gasteiger partial charge on any atom is -0.388 e. The molecule has 2 atom stereocenters. The SMILES string of the molecule is OC1CCCC1(O)n1cccn1. The van der Waals surface area contributed by atoms with Crippen LogP contribution in [0.5, 0.6) is 0 Å². The molecule has 1 heterocycles. The van der Waals surface area contributed by atoms with Crippen molar-refractivity contribution in [3.8, 4) is 0 Å². The van der Waals surface area contributed by atoms with Crippen LogP contribution in [-0.2, 0) is 5.72 Å². The molecule has 1 saturated carbocycles. The third-order valence-corrected chi connectivity index (χ3v) is 2.46. The van der Waals surface area contributed by atoms with Crippen LogP contribution in [0.2, 0.25) is 0 Å². The van der Waals surface area contributed by atoms with E-state index in [1.165, 1.54) is 4.68 Å². The minimum atomic E-state index is -1.16. The fraction of sp³-hybridized carbons (Fsp3) is 0.625. The number of rotatable bonds is 1. The summed E-state index contributed by atoms with van der Waals surface area (Å²) in [5.74, 6) is 0. The Bertz CT molecular complexity index is 260. The highest BCUT2D eigenvalue weighted by Crippen LogP contribution is 2.33. The molecule has 2 unspecified atom stereocenters. The van der Waals surface area contributed by atoms with Gasteiger partial charge in [-0.1, -0.05) is 0 Å². The molecule has 4 heteroatoms. The molecule has 1 aliphatic carbocycles. The van der Waals surface area contributed by atoms with Crippen molar-refractivity contribution in [1.29, 1.82) is 0 Å². The summed E-state index contributed by atoms with van der Waals surface area (Å²) in [6, 6.07) is 1.74.